The molecule has 2 heterocycles. The van der Waals surface area contributed by atoms with E-state index in [1.54, 1.807) is 47.0 Å². The number of carbonyl (C=O) groups excluding carboxylic acids is 1. The van der Waals surface area contributed by atoms with Crippen molar-refractivity contribution in [3.8, 4) is 0 Å². The van der Waals surface area contributed by atoms with E-state index in [2.05, 4.69) is 24.2 Å². The number of hydrogen-bond donors (Lipinski definition) is 0. The summed E-state index contributed by atoms with van der Waals surface area (Å²) in [7, 11) is -3.27. The first-order chi connectivity index (χ1) is 15.8. The minimum Gasteiger partial charge on any atom is -0.286 e. The molecule has 0 aliphatic heterocycles. The van der Waals surface area contributed by atoms with Crippen LogP contribution >= 0.6 is 11.3 Å². The number of amides is 1. The Labute approximate surface area is 197 Å². The van der Waals surface area contributed by atoms with Crippen LogP contribution in [-0.2, 0) is 27.6 Å². The van der Waals surface area contributed by atoms with Gasteiger partial charge in [-0.25, -0.2) is 13.4 Å². The van der Waals surface area contributed by atoms with Gasteiger partial charge < -0.3 is 0 Å². The Morgan fingerprint density at radius 2 is 1.91 bits per heavy atom. The van der Waals surface area contributed by atoms with Crippen LogP contribution in [0.25, 0.3) is 10.2 Å². The maximum Gasteiger partial charge on any atom is 0.233 e. The van der Waals surface area contributed by atoms with Gasteiger partial charge >= 0.3 is 0 Å². The second-order valence-electron chi connectivity index (χ2n) is 7.96. The normalized spacial score (nSPS) is 11.7. The van der Waals surface area contributed by atoms with Crippen molar-refractivity contribution in [2.24, 2.45) is 0 Å². The van der Waals surface area contributed by atoms with Crippen LogP contribution in [0.1, 0.15) is 23.6 Å². The topological polar surface area (TPSA) is 85.2 Å². The molecule has 0 radical (unpaired) electrons. The van der Waals surface area contributed by atoms with E-state index in [9.17, 15) is 13.2 Å². The smallest absolute Gasteiger partial charge is 0.233 e. The monoisotopic (exact) mass is 482 g/mol. The summed E-state index contributed by atoms with van der Waals surface area (Å²) in [5.41, 5.74) is 3.91. The van der Waals surface area contributed by atoms with Gasteiger partial charge in [0, 0.05) is 18.9 Å². The molecule has 0 atom stereocenters. The first-order valence-electron chi connectivity index (χ1n) is 10.7. The predicted octanol–water partition coefficient (Wildman–Crippen LogP) is 4.18. The molecule has 0 saturated heterocycles. The minimum absolute atomic E-state index is 0.0446. The fraction of sp³-hybridized carbons (Fsp3) is 0.292. The molecule has 2 aromatic heterocycles. The van der Waals surface area contributed by atoms with Crippen molar-refractivity contribution in [1.29, 1.82) is 0 Å². The van der Waals surface area contributed by atoms with Crippen molar-refractivity contribution < 1.29 is 13.2 Å². The highest BCUT2D eigenvalue weighted by atomic mass is 32.2. The molecule has 2 aromatic carbocycles. The number of carbonyl (C=O) groups is 1. The Hall–Kier alpha value is -3.04. The number of sulfone groups is 1. The zero-order chi connectivity index (χ0) is 23.6. The first kappa shape index (κ1) is 23.1. The molecule has 0 aliphatic carbocycles. The van der Waals surface area contributed by atoms with Gasteiger partial charge in [0.05, 0.1) is 33.8 Å². The molecule has 0 saturated carbocycles. The lowest BCUT2D eigenvalue weighted by Crippen LogP contribution is -2.35. The molecule has 1 amide bonds. The molecule has 0 bridgehead atoms. The number of fused-ring (bicyclic) bond motifs is 1. The molecule has 0 spiro atoms. The van der Waals surface area contributed by atoms with Crippen LogP contribution in [0.4, 0.5) is 5.13 Å². The number of thiazole rings is 1. The highest BCUT2D eigenvalue weighted by Crippen LogP contribution is 2.32. The Bertz CT molecular complexity index is 1380. The van der Waals surface area contributed by atoms with E-state index >= 15 is 0 Å². The number of benzene rings is 2. The molecule has 9 heteroatoms. The zero-order valence-electron chi connectivity index (χ0n) is 18.9. The summed E-state index contributed by atoms with van der Waals surface area (Å²) in [6.07, 6.45) is 3.72. The van der Waals surface area contributed by atoms with Crippen molar-refractivity contribution >= 4 is 42.4 Å². The number of aryl methyl sites for hydroxylation is 2. The molecule has 0 N–H and O–H groups in total. The number of aromatic nitrogens is 3. The van der Waals surface area contributed by atoms with Crippen LogP contribution in [0.15, 0.2) is 59.8 Å². The number of rotatable bonds is 8. The highest BCUT2D eigenvalue weighted by molar-refractivity contribution is 7.91. The summed E-state index contributed by atoms with van der Waals surface area (Å²) in [6, 6.07) is 12.6. The van der Waals surface area contributed by atoms with Crippen molar-refractivity contribution in [2.75, 3.05) is 17.2 Å². The van der Waals surface area contributed by atoms with Gasteiger partial charge in [-0.05, 0) is 54.8 Å². The van der Waals surface area contributed by atoms with Crippen molar-refractivity contribution in [3.05, 3.63) is 71.5 Å². The lowest BCUT2D eigenvalue weighted by Gasteiger charge is -2.20. The third-order valence-corrected chi connectivity index (χ3v) is 8.26. The van der Waals surface area contributed by atoms with E-state index in [1.165, 1.54) is 11.3 Å². The van der Waals surface area contributed by atoms with Crippen LogP contribution in [0, 0.1) is 13.8 Å². The predicted molar refractivity (Wildman–Crippen MR) is 132 cm³/mol. The highest BCUT2D eigenvalue weighted by Gasteiger charge is 2.21. The minimum atomic E-state index is -3.27. The second kappa shape index (κ2) is 9.44. The SMILES string of the molecule is CCS(=O)(=O)c1ccc(CC(=O)N(CCn2cccn2)c2nc3c(C)cc(C)cc3s2)cc1. The summed E-state index contributed by atoms with van der Waals surface area (Å²) in [5, 5.41) is 4.89. The Balaban J connectivity index is 1.61. The summed E-state index contributed by atoms with van der Waals surface area (Å²) >= 11 is 1.50. The Kier molecular flexibility index (Phi) is 6.62. The molecule has 4 aromatic rings. The fourth-order valence-electron chi connectivity index (χ4n) is 3.69. The maximum atomic E-state index is 13.4. The number of hydrogen-bond acceptors (Lipinski definition) is 6. The van der Waals surface area contributed by atoms with Gasteiger partial charge in [-0.1, -0.05) is 36.5 Å². The maximum absolute atomic E-state index is 13.4. The van der Waals surface area contributed by atoms with E-state index in [4.69, 9.17) is 4.98 Å². The summed E-state index contributed by atoms with van der Waals surface area (Å²) < 4.78 is 27.0. The van der Waals surface area contributed by atoms with Gasteiger partial charge in [-0.3, -0.25) is 14.4 Å². The van der Waals surface area contributed by atoms with Crippen LogP contribution in [0.5, 0.6) is 0 Å². The van der Waals surface area contributed by atoms with Gasteiger partial charge in [0.15, 0.2) is 15.0 Å². The third-order valence-electron chi connectivity index (χ3n) is 5.48. The van der Waals surface area contributed by atoms with E-state index in [0.29, 0.717) is 18.2 Å². The molecular weight excluding hydrogens is 456 g/mol. The molecule has 7 nitrogen and oxygen atoms in total. The van der Waals surface area contributed by atoms with Gasteiger partial charge in [-0.15, -0.1) is 0 Å². The molecule has 33 heavy (non-hydrogen) atoms. The third kappa shape index (κ3) is 5.15. The second-order valence-corrected chi connectivity index (χ2v) is 11.3. The van der Waals surface area contributed by atoms with Crippen LogP contribution in [-0.4, -0.2) is 41.4 Å². The van der Waals surface area contributed by atoms with E-state index < -0.39 is 9.84 Å². The quantitative estimate of drug-likeness (QED) is 0.376. The summed E-state index contributed by atoms with van der Waals surface area (Å²) in [4.78, 5) is 20.2. The fourth-order valence-corrected chi connectivity index (χ4v) is 5.76. The number of anilines is 1. The first-order valence-corrected chi connectivity index (χ1v) is 13.2. The molecule has 0 unspecified atom stereocenters. The Morgan fingerprint density at radius 3 is 2.58 bits per heavy atom. The van der Waals surface area contributed by atoms with E-state index in [-0.39, 0.29) is 23.0 Å². The van der Waals surface area contributed by atoms with Crippen LogP contribution in [0.2, 0.25) is 0 Å². The van der Waals surface area contributed by atoms with Crippen molar-refractivity contribution in [2.45, 2.75) is 38.6 Å². The van der Waals surface area contributed by atoms with Gasteiger partial charge in [0.25, 0.3) is 0 Å². The standard InChI is InChI=1S/C24H26N4O3S2/c1-4-33(30,31)20-8-6-19(7-9-20)16-22(29)28(13-12-27-11-5-10-25-27)24-26-23-18(3)14-17(2)15-21(23)32-24/h5-11,14-15H,4,12-13,16H2,1-3H3. The zero-order valence-corrected chi connectivity index (χ0v) is 20.5. The van der Waals surface area contributed by atoms with Crippen LogP contribution in [0.3, 0.4) is 0 Å². The van der Waals surface area contributed by atoms with E-state index in [1.807, 2.05) is 19.2 Å². The van der Waals surface area contributed by atoms with Crippen molar-refractivity contribution in [3.63, 3.8) is 0 Å². The van der Waals surface area contributed by atoms with Gasteiger partial charge in [0.1, 0.15) is 0 Å². The molecular formula is C24H26N4O3S2. The average Bonchev–Trinajstić information content (AvgIpc) is 3.44. The molecule has 172 valence electrons. The average molecular weight is 483 g/mol. The van der Waals surface area contributed by atoms with Crippen molar-refractivity contribution in [1.82, 2.24) is 14.8 Å². The lowest BCUT2D eigenvalue weighted by molar-refractivity contribution is -0.118. The molecule has 4 rings (SSSR count). The summed E-state index contributed by atoms with van der Waals surface area (Å²) in [6.45, 7) is 6.67. The largest absolute Gasteiger partial charge is 0.286 e. The lowest BCUT2D eigenvalue weighted by atomic mass is 10.1. The summed E-state index contributed by atoms with van der Waals surface area (Å²) in [5.74, 6) is -0.0510. The molecule has 0 fully saturated rings. The van der Waals surface area contributed by atoms with Crippen LogP contribution < -0.4 is 4.90 Å². The van der Waals surface area contributed by atoms with E-state index in [0.717, 1.165) is 26.9 Å². The Morgan fingerprint density at radius 1 is 1.15 bits per heavy atom. The molecule has 0 aliphatic rings. The van der Waals surface area contributed by atoms with Gasteiger partial charge in [-0.2, -0.15) is 5.10 Å². The van der Waals surface area contributed by atoms with Gasteiger partial charge in [0.2, 0.25) is 5.91 Å². The number of nitrogens with zero attached hydrogens (tertiary/aromatic N) is 4.